The van der Waals surface area contributed by atoms with Crippen LogP contribution >= 0.6 is 12.2 Å². The number of rotatable bonds is 4. The summed E-state index contributed by atoms with van der Waals surface area (Å²) in [4.78, 5) is 27.6. The van der Waals surface area contributed by atoms with Gasteiger partial charge < -0.3 is 4.57 Å². The lowest BCUT2D eigenvalue weighted by Crippen LogP contribution is -2.54. The standard InChI is InChI=1S/C27H21N3O2S/c1-18-9-5-7-13-23(18)30-26(32)22(25(31)28-27(30)33)15-20-17-29(16-19-10-3-2-4-11-19)24-14-8-6-12-21(20)24/h2-15,17H,16H2,1H3,(H,28,31,33). The van der Waals surface area contributed by atoms with E-state index in [1.54, 1.807) is 6.08 Å². The summed E-state index contributed by atoms with van der Waals surface area (Å²) in [7, 11) is 0. The van der Waals surface area contributed by atoms with Crippen molar-refractivity contribution >= 4 is 51.8 Å². The van der Waals surface area contributed by atoms with E-state index in [4.69, 9.17) is 12.2 Å². The summed E-state index contributed by atoms with van der Waals surface area (Å²) in [5, 5.41) is 3.73. The molecule has 1 fully saturated rings. The van der Waals surface area contributed by atoms with Gasteiger partial charge in [-0.15, -0.1) is 0 Å². The minimum absolute atomic E-state index is 0.0504. The molecule has 2 amide bonds. The first kappa shape index (κ1) is 20.8. The molecule has 1 aliphatic rings. The summed E-state index contributed by atoms with van der Waals surface area (Å²) in [6.07, 6.45) is 3.64. The predicted molar refractivity (Wildman–Crippen MR) is 135 cm³/mol. The van der Waals surface area contributed by atoms with Gasteiger partial charge in [-0.05, 0) is 48.5 Å². The van der Waals surface area contributed by atoms with Gasteiger partial charge in [-0.3, -0.25) is 19.8 Å². The fourth-order valence-electron chi connectivity index (χ4n) is 4.15. The van der Waals surface area contributed by atoms with Crippen LogP contribution in [-0.2, 0) is 16.1 Å². The van der Waals surface area contributed by atoms with E-state index in [0.717, 1.165) is 22.0 Å². The van der Waals surface area contributed by atoms with E-state index in [1.807, 2.05) is 79.9 Å². The van der Waals surface area contributed by atoms with E-state index < -0.39 is 11.8 Å². The number of hydrogen-bond donors (Lipinski definition) is 1. The van der Waals surface area contributed by atoms with Crippen LogP contribution in [0.15, 0.2) is 90.6 Å². The smallest absolute Gasteiger partial charge is 0.270 e. The molecule has 1 N–H and O–H groups in total. The van der Waals surface area contributed by atoms with Crippen LogP contribution < -0.4 is 10.2 Å². The number of carbonyl (C=O) groups excluding carboxylic acids is 2. The Morgan fingerprint density at radius 1 is 0.909 bits per heavy atom. The number of anilines is 1. The molecule has 0 spiro atoms. The first-order valence-electron chi connectivity index (χ1n) is 10.6. The van der Waals surface area contributed by atoms with Crippen molar-refractivity contribution in [3.05, 3.63) is 107 Å². The first-order valence-corrected chi connectivity index (χ1v) is 11.0. The fraction of sp³-hybridized carbons (Fsp3) is 0.0741. The van der Waals surface area contributed by atoms with Crippen molar-refractivity contribution in [2.75, 3.05) is 4.90 Å². The Labute approximate surface area is 196 Å². The molecule has 162 valence electrons. The number of aromatic nitrogens is 1. The summed E-state index contributed by atoms with van der Waals surface area (Å²) < 4.78 is 2.13. The maximum absolute atomic E-state index is 13.4. The third-order valence-corrected chi connectivity index (χ3v) is 6.06. The van der Waals surface area contributed by atoms with Crippen LogP contribution in [0.1, 0.15) is 16.7 Å². The minimum Gasteiger partial charge on any atom is -0.342 e. The molecule has 3 aromatic carbocycles. The number of carbonyl (C=O) groups is 2. The summed E-state index contributed by atoms with van der Waals surface area (Å²) in [5.74, 6) is -0.923. The minimum atomic E-state index is -0.491. The van der Waals surface area contributed by atoms with Crippen molar-refractivity contribution in [3.8, 4) is 0 Å². The Bertz CT molecular complexity index is 1440. The molecule has 0 bridgehead atoms. The van der Waals surface area contributed by atoms with Gasteiger partial charge in [0.2, 0.25) is 0 Å². The monoisotopic (exact) mass is 451 g/mol. The van der Waals surface area contributed by atoms with Crippen LogP contribution in [0.5, 0.6) is 0 Å². The van der Waals surface area contributed by atoms with Gasteiger partial charge in [0.1, 0.15) is 5.57 Å². The van der Waals surface area contributed by atoms with Gasteiger partial charge in [-0.1, -0.05) is 66.7 Å². The molecule has 1 aliphatic heterocycles. The average molecular weight is 452 g/mol. The van der Waals surface area contributed by atoms with Crippen molar-refractivity contribution in [1.82, 2.24) is 9.88 Å². The lowest BCUT2D eigenvalue weighted by atomic mass is 10.1. The molecule has 0 saturated carbocycles. The van der Waals surface area contributed by atoms with Crippen LogP contribution in [-0.4, -0.2) is 21.5 Å². The van der Waals surface area contributed by atoms with E-state index >= 15 is 0 Å². The molecule has 0 unspecified atom stereocenters. The van der Waals surface area contributed by atoms with E-state index in [-0.39, 0.29) is 10.7 Å². The van der Waals surface area contributed by atoms with Gasteiger partial charge in [0, 0.05) is 29.2 Å². The Hall–Kier alpha value is -4.03. The number of fused-ring (bicyclic) bond motifs is 1. The molecular weight excluding hydrogens is 430 g/mol. The third-order valence-electron chi connectivity index (χ3n) is 5.77. The second kappa shape index (κ2) is 8.48. The summed E-state index contributed by atoms with van der Waals surface area (Å²) in [5.41, 5.74) is 4.60. The van der Waals surface area contributed by atoms with E-state index in [0.29, 0.717) is 12.2 Å². The number of nitrogens with zero attached hydrogens (tertiary/aromatic N) is 2. The topological polar surface area (TPSA) is 54.3 Å². The van der Waals surface area contributed by atoms with E-state index in [1.165, 1.54) is 10.5 Å². The fourth-order valence-corrected chi connectivity index (χ4v) is 4.42. The van der Waals surface area contributed by atoms with Crippen LogP contribution in [0.3, 0.4) is 0 Å². The van der Waals surface area contributed by atoms with Crippen LogP contribution in [0.25, 0.3) is 17.0 Å². The Morgan fingerprint density at radius 3 is 2.39 bits per heavy atom. The Morgan fingerprint density at radius 2 is 1.61 bits per heavy atom. The number of amides is 2. The average Bonchev–Trinajstić information content (AvgIpc) is 3.16. The molecule has 0 atom stereocenters. The highest BCUT2D eigenvalue weighted by molar-refractivity contribution is 7.80. The lowest BCUT2D eigenvalue weighted by Gasteiger charge is -2.29. The molecule has 2 heterocycles. The van der Waals surface area contributed by atoms with Gasteiger partial charge in [-0.2, -0.15) is 0 Å². The molecule has 33 heavy (non-hydrogen) atoms. The van der Waals surface area contributed by atoms with Crippen molar-refractivity contribution in [2.24, 2.45) is 0 Å². The molecule has 6 heteroatoms. The maximum Gasteiger partial charge on any atom is 0.270 e. The Kier molecular flexibility index (Phi) is 5.36. The highest BCUT2D eigenvalue weighted by Crippen LogP contribution is 2.28. The number of para-hydroxylation sites is 2. The Balaban J connectivity index is 1.59. The molecule has 4 aromatic rings. The van der Waals surface area contributed by atoms with Gasteiger partial charge in [0.15, 0.2) is 5.11 Å². The molecule has 0 aliphatic carbocycles. The molecule has 5 nitrogen and oxygen atoms in total. The zero-order chi connectivity index (χ0) is 22.9. The molecule has 1 saturated heterocycles. The number of thiocarbonyl (C=S) groups is 1. The zero-order valence-corrected chi connectivity index (χ0v) is 18.8. The van der Waals surface area contributed by atoms with Gasteiger partial charge in [0.05, 0.1) is 5.69 Å². The number of benzene rings is 3. The quantitative estimate of drug-likeness (QED) is 0.275. The van der Waals surface area contributed by atoms with Gasteiger partial charge >= 0.3 is 0 Å². The predicted octanol–water partition coefficient (Wildman–Crippen LogP) is 4.83. The normalized spacial score (nSPS) is 15.4. The van der Waals surface area contributed by atoms with Crippen molar-refractivity contribution in [2.45, 2.75) is 13.5 Å². The highest BCUT2D eigenvalue weighted by Gasteiger charge is 2.35. The van der Waals surface area contributed by atoms with Crippen molar-refractivity contribution in [1.29, 1.82) is 0 Å². The lowest BCUT2D eigenvalue weighted by molar-refractivity contribution is -0.122. The molecular formula is C27H21N3O2S. The summed E-state index contributed by atoms with van der Waals surface area (Å²) in [6, 6.07) is 25.6. The van der Waals surface area contributed by atoms with Gasteiger partial charge in [0.25, 0.3) is 11.8 Å². The molecule has 0 radical (unpaired) electrons. The first-order chi connectivity index (χ1) is 16.0. The maximum atomic E-state index is 13.4. The van der Waals surface area contributed by atoms with Crippen molar-refractivity contribution in [3.63, 3.8) is 0 Å². The summed E-state index contributed by atoms with van der Waals surface area (Å²) in [6.45, 7) is 2.59. The number of aryl methyl sites for hydroxylation is 1. The second-order valence-corrected chi connectivity index (χ2v) is 8.35. The van der Waals surface area contributed by atoms with E-state index in [2.05, 4.69) is 22.0 Å². The van der Waals surface area contributed by atoms with Crippen LogP contribution in [0, 0.1) is 6.92 Å². The number of hydrogen-bond acceptors (Lipinski definition) is 3. The highest BCUT2D eigenvalue weighted by atomic mass is 32.1. The number of nitrogens with one attached hydrogen (secondary N) is 1. The second-order valence-electron chi connectivity index (χ2n) is 7.96. The van der Waals surface area contributed by atoms with E-state index in [9.17, 15) is 9.59 Å². The molecule has 5 rings (SSSR count). The van der Waals surface area contributed by atoms with Crippen molar-refractivity contribution < 1.29 is 9.59 Å². The largest absolute Gasteiger partial charge is 0.342 e. The SMILES string of the molecule is Cc1ccccc1N1C(=O)C(=Cc2cn(Cc3ccccc3)c3ccccc23)C(=O)NC1=S. The zero-order valence-electron chi connectivity index (χ0n) is 18.0. The van der Waals surface area contributed by atoms with Crippen LogP contribution in [0.4, 0.5) is 5.69 Å². The third kappa shape index (κ3) is 3.85. The summed E-state index contributed by atoms with van der Waals surface area (Å²) >= 11 is 5.34. The molecule has 1 aromatic heterocycles. The van der Waals surface area contributed by atoms with Crippen LogP contribution in [0.2, 0.25) is 0 Å². The van der Waals surface area contributed by atoms with Gasteiger partial charge in [-0.25, -0.2) is 0 Å².